The van der Waals surface area contributed by atoms with Crippen LogP contribution in [0.1, 0.15) is 30.9 Å². The zero-order valence-electron chi connectivity index (χ0n) is 8.49. The number of unbranched alkanes of at least 4 members (excludes halogenated alkanes) is 1. The van der Waals surface area contributed by atoms with E-state index in [4.69, 9.17) is 0 Å². The molecular formula is C12H15NS. The third-order valence-electron chi connectivity index (χ3n) is 2.23. The predicted molar refractivity (Wildman–Crippen MR) is 63.8 cm³/mol. The van der Waals surface area contributed by atoms with Gasteiger partial charge in [0, 0.05) is 0 Å². The fraction of sp³-hybridized carbons (Fsp3) is 0.417. The molecule has 2 heteroatoms. The summed E-state index contributed by atoms with van der Waals surface area (Å²) >= 11 is 4.57. The number of rotatable bonds is 5. The van der Waals surface area contributed by atoms with Crippen LogP contribution in [-0.4, -0.2) is 5.16 Å². The van der Waals surface area contributed by atoms with Gasteiger partial charge < -0.3 is 0 Å². The molecule has 0 N–H and O–H groups in total. The minimum atomic E-state index is 0.670. The summed E-state index contributed by atoms with van der Waals surface area (Å²) in [6.07, 6.45) is 3.60. The van der Waals surface area contributed by atoms with Crippen molar-refractivity contribution in [2.24, 2.45) is 4.99 Å². The van der Waals surface area contributed by atoms with E-state index in [1.807, 2.05) is 6.07 Å². The molecule has 0 spiro atoms. The van der Waals surface area contributed by atoms with Gasteiger partial charge in [0.2, 0.25) is 0 Å². The molecule has 1 aromatic carbocycles. The molecule has 0 atom stereocenters. The number of nitrogens with zero attached hydrogens (tertiary/aromatic N) is 1. The van der Waals surface area contributed by atoms with E-state index in [0.717, 1.165) is 6.42 Å². The average Bonchev–Trinajstić information content (AvgIpc) is 2.24. The van der Waals surface area contributed by atoms with Crippen molar-refractivity contribution in [3.05, 3.63) is 35.4 Å². The summed E-state index contributed by atoms with van der Waals surface area (Å²) in [5.41, 5.74) is 2.67. The first-order valence-electron chi connectivity index (χ1n) is 4.99. The molecule has 0 amide bonds. The molecule has 0 heterocycles. The Morgan fingerprint density at radius 3 is 2.64 bits per heavy atom. The van der Waals surface area contributed by atoms with Crippen molar-refractivity contribution in [3.63, 3.8) is 0 Å². The van der Waals surface area contributed by atoms with Crippen LogP contribution in [0.4, 0.5) is 0 Å². The summed E-state index contributed by atoms with van der Waals surface area (Å²) in [5.74, 6) is 0. The molecule has 0 saturated carbocycles. The van der Waals surface area contributed by atoms with Gasteiger partial charge in [-0.15, -0.1) is 0 Å². The van der Waals surface area contributed by atoms with Crippen LogP contribution in [0.2, 0.25) is 0 Å². The molecule has 1 nitrogen and oxygen atoms in total. The maximum atomic E-state index is 4.57. The van der Waals surface area contributed by atoms with E-state index in [1.54, 1.807) is 0 Å². The molecule has 0 fully saturated rings. The van der Waals surface area contributed by atoms with Crippen molar-refractivity contribution < 1.29 is 0 Å². The number of aryl methyl sites for hydroxylation is 1. The van der Waals surface area contributed by atoms with Crippen LogP contribution in [0.25, 0.3) is 0 Å². The second-order valence-electron chi connectivity index (χ2n) is 3.28. The van der Waals surface area contributed by atoms with Gasteiger partial charge in [-0.2, -0.15) is 0 Å². The fourth-order valence-corrected chi connectivity index (χ4v) is 1.50. The Morgan fingerprint density at radius 1 is 1.29 bits per heavy atom. The molecule has 0 bridgehead atoms. The molecule has 0 aliphatic heterocycles. The molecule has 14 heavy (non-hydrogen) atoms. The smallest absolute Gasteiger partial charge is 0.0746 e. The predicted octanol–water partition coefficient (Wildman–Crippen LogP) is 3.63. The van der Waals surface area contributed by atoms with Crippen molar-refractivity contribution in [1.82, 2.24) is 0 Å². The monoisotopic (exact) mass is 205 g/mol. The summed E-state index contributed by atoms with van der Waals surface area (Å²) in [7, 11) is 0. The van der Waals surface area contributed by atoms with Gasteiger partial charge >= 0.3 is 0 Å². The Kier molecular flexibility index (Phi) is 5.13. The fourth-order valence-electron chi connectivity index (χ4n) is 1.44. The van der Waals surface area contributed by atoms with Crippen molar-refractivity contribution in [2.75, 3.05) is 0 Å². The SMILES string of the molecule is CCCCc1ccccc1CN=C=S. The standard InChI is InChI=1S/C12H15NS/c1-2-3-6-11-7-4-5-8-12(11)9-13-10-14/h4-5,7-8H,2-3,6,9H2,1H3. The number of benzene rings is 1. The highest BCUT2D eigenvalue weighted by molar-refractivity contribution is 7.78. The lowest BCUT2D eigenvalue weighted by Gasteiger charge is -2.05. The normalized spacial score (nSPS) is 9.50. The van der Waals surface area contributed by atoms with Crippen LogP contribution >= 0.6 is 12.2 Å². The summed E-state index contributed by atoms with van der Waals surface area (Å²) in [6.45, 7) is 2.88. The first kappa shape index (κ1) is 11.1. The Balaban J connectivity index is 2.74. The molecule has 0 saturated heterocycles. The molecule has 1 aromatic rings. The summed E-state index contributed by atoms with van der Waals surface area (Å²) in [6, 6.07) is 8.41. The maximum Gasteiger partial charge on any atom is 0.0746 e. The van der Waals surface area contributed by atoms with E-state index in [-0.39, 0.29) is 0 Å². The van der Waals surface area contributed by atoms with Crippen molar-refractivity contribution in [2.45, 2.75) is 32.7 Å². The molecule has 0 aliphatic carbocycles. The molecule has 74 valence electrons. The quantitative estimate of drug-likeness (QED) is 0.528. The van der Waals surface area contributed by atoms with Crippen LogP contribution < -0.4 is 0 Å². The lowest BCUT2D eigenvalue weighted by molar-refractivity contribution is 0.786. The molecule has 1 rings (SSSR count). The first-order chi connectivity index (χ1) is 6.88. The minimum absolute atomic E-state index is 0.670. The second kappa shape index (κ2) is 6.47. The van der Waals surface area contributed by atoms with Gasteiger partial charge in [-0.05, 0) is 36.2 Å². The zero-order valence-corrected chi connectivity index (χ0v) is 9.31. The Hall–Kier alpha value is -0.980. The highest BCUT2D eigenvalue weighted by atomic mass is 32.1. The van der Waals surface area contributed by atoms with Crippen LogP contribution in [-0.2, 0) is 13.0 Å². The van der Waals surface area contributed by atoms with E-state index in [2.05, 4.69) is 47.5 Å². The van der Waals surface area contributed by atoms with Gasteiger partial charge in [0.05, 0.1) is 11.7 Å². The highest BCUT2D eigenvalue weighted by Gasteiger charge is 1.99. The van der Waals surface area contributed by atoms with E-state index < -0.39 is 0 Å². The van der Waals surface area contributed by atoms with Gasteiger partial charge in [0.1, 0.15) is 0 Å². The Bertz CT molecular complexity index is 327. The van der Waals surface area contributed by atoms with Crippen LogP contribution in [0, 0.1) is 0 Å². The van der Waals surface area contributed by atoms with E-state index in [1.165, 1.54) is 24.0 Å². The van der Waals surface area contributed by atoms with Crippen LogP contribution in [0.15, 0.2) is 29.3 Å². The number of hydrogen-bond donors (Lipinski definition) is 0. The number of hydrogen-bond acceptors (Lipinski definition) is 2. The Morgan fingerprint density at radius 2 is 2.00 bits per heavy atom. The molecular weight excluding hydrogens is 190 g/mol. The van der Waals surface area contributed by atoms with Gasteiger partial charge in [0.15, 0.2) is 0 Å². The summed E-state index contributed by atoms with van der Waals surface area (Å²) in [4.78, 5) is 3.98. The molecule has 0 aromatic heterocycles. The molecule has 0 aliphatic rings. The largest absolute Gasteiger partial charge is 0.228 e. The molecule has 0 unspecified atom stereocenters. The highest BCUT2D eigenvalue weighted by Crippen LogP contribution is 2.12. The lowest BCUT2D eigenvalue weighted by atomic mass is 10.0. The maximum absolute atomic E-state index is 4.57. The van der Waals surface area contributed by atoms with E-state index in [0.29, 0.717) is 6.54 Å². The van der Waals surface area contributed by atoms with E-state index in [9.17, 15) is 0 Å². The van der Waals surface area contributed by atoms with Crippen molar-refractivity contribution in [3.8, 4) is 0 Å². The zero-order chi connectivity index (χ0) is 10.2. The van der Waals surface area contributed by atoms with Crippen LogP contribution in [0.3, 0.4) is 0 Å². The Labute approximate surface area is 90.9 Å². The lowest BCUT2D eigenvalue weighted by Crippen LogP contribution is -1.92. The van der Waals surface area contributed by atoms with Gasteiger partial charge in [-0.1, -0.05) is 37.6 Å². The first-order valence-corrected chi connectivity index (χ1v) is 5.39. The number of thiocarbonyl (C=S) groups is 1. The second-order valence-corrected chi connectivity index (χ2v) is 3.46. The van der Waals surface area contributed by atoms with Crippen LogP contribution in [0.5, 0.6) is 0 Å². The van der Waals surface area contributed by atoms with Crippen molar-refractivity contribution in [1.29, 1.82) is 0 Å². The average molecular weight is 205 g/mol. The van der Waals surface area contributed by atoms with Gasteiger partial charge in [-0.3, -0.25) is 0 Å². The number of aliphatic imine (C=N–C) groups is 1. The third kappa shape index (κ3) is 3.41. The number of isothiocyanates is 1. The summed E-state index contributed by atoms with van der Waals surface area (Å²) < 4.78 is 0. The molecule has 0 radical (unpaired) electrons. The van der Waals surface area contributed by atoms with Crippen molar-refractivity contribution >= 4 is 17.4 Å². The summed E-state index contributed by atoms with van der Waals surface area (Å²) in [5, 5.41) is 2.41. The van der Waals surface area contributed by atoms with Gasteiger partial charge in [-0.25, -0.2) is 4.99 Å². The van der Waals surface area contributed by atoms with E-state index >= 15 is 0 Å². The minimum Gasteiger partial charge on any atom is -0.228 e. The topological polar surface area (TPSA) is 12.4 Å². The third-order valence-corrected chi connectivity index (χ3v) is 2.36. The van der Waals surface area contributed by atoms with Gasteiger partial charge in [0.25, 0.3) is 0 Å².